The first kappa shape index (κ1) is 11.0. The first-order valence-electron chi connectivity index (χ1n) is 6.21. The van der Waals surface area contributed by atoms with Gasteiger partial charge in [0, 0.05) is 31.2 Å². The Morgan fingerprint density at radius 3 is 2.88 bits per heavy atom. The van der Waals surface area contributed by atoms with Crippen LogP contribution in [0, 0.1) is 5.92 Å². The van der Waals surface area contributed by atoms with E-state index in [0.29, 0.717) is 5.88 Å². The fraction of sp³-hybridized carbons (Fsp3) is 0.615. The highest BCUT2D eigenvalue weighted by atomic mass is 16.5. The minimum absolute atomic E-state index is 0.0961. The minimum Gasteiger partial charge on any atom is -0.481 e. The number of nitrogens with two attached hydrogens (primary N) is 1. The van der Waals surface area contributed by atoms with Crippen molar-refractivity contribution in [1.82, 2.24) is 9.88 Å². The maximum absolute atomic E-state index is 6.32. The number of hydrogen-bond donors (Lipinski definition) is 1. The van der Waals surface area contributed by atoms with E-state index < -0.39 is 0 Å². The number of rotatable bonds is 4. The van der Waals surface area contributed by atoms with Crippen molar-refractivity contribution >= 4 is 0 Å². The van der Waals surface area contributed by atoms with Crippen LogP contribution in [0.2, 0.25) is 0 Å². The van der Waals surface area contributed by atoms with Crippen LogP contribution in [-0.2, 0) is 6.54 Å². The maximum atomic E-state index is 6.32. The van der Waals surface area contributed by atoms with E-state index in [1.807, 2.05) is 18.2 Å². The summed E-state index contributed by atoms with van der Waals surface area (Å²) in [6.07, 6.45) is 2.64. The monoisotopic (exact) mass is 233 g/mol. The average Bonchev–Trinajstić information content (AvgIpc) is 3.11. The Kier molecular flexibility index (Phi) is 2.56. The second-order valence-electron chi connectivity index (χ2n) is 5.32. The SMILES string of the molecule is COc1cccc(CN2CC(N)(C3CC3)C2)n1. The van der Waals surface area contributed by atoms with Crippen molar-refractivity contribution in [2.24, 2.45) is 11.7 Å². The topological polar surface area (TPSA) is 51.4 Å². The molecule has 92 valence electrons. The van der Waals surface area contributed by atoms with Gasteiger partial charge in [0.25, 0.3) is 0 Å². The van der Waals surface area contributed by atoms with Crippen LogP contribution in [0.1, 0.15) is 18.5 Å². The van der Waals surface area contributed by atoms with Crippen molar-refractivity contribution in [2.45, 2.75) is 24.9 Å². The molecule has 1 aliphatic carbocycles. The molecule has 2 heterocycles. The molecule has 2 fully saturated rings. The summed E-state index contributed by atoms with van der Waals surface area (Å²) in [5.74, 6) is 1.46. The van der Waals surface area contributed by atoms with Gasteiger partial charge in [0.15, 0.2) is 0 Å². The summed E-state index contributed by atoms with van der Waals surface area (Å²) in [6.45, 7) is 2.90. The van der Waals surface area contributed by atoms with Gasteiger partial charge in [-0.2, -0.15) is 0 Å². The molecule has 1 saturated carbocycles. The van der Waals surface area contributed by atoms with Gasteiger partial charge in [-0.25, -0.2) is 4.98 Å². The maximum Gasteiger partial charge on any atom is 0.213 e. The van der Waals surface area contributed by atoms with Crippen molar-refractivity contribution in [3.63, 3.8) is 0 Å². The Morgan fingerprint density at radius 2 is 2.24 bits per heavy atom. The van der Waals surface area contributed by atoms with Crippen molar-refractivity contribution in [1.29, 1.82) is 0 Å². The predicted octanol–water partition coefficient (Wildman–Crippen LogP) is 1.01. The lowest BCUT2D eigenvalue weighted by Crippen LogP contribution is -2.68. The quantitative estimate of drug-likeness (QED) is 0.843. The van der Waals surface area contributed by atoms with Crippen LogP contribution >= 0.6 is 0 Å². The number of hydrogen-bond acceptors (Lipinski definition) is 4. The van der Waals surface area contributed by atoms with Crippen LogP contribution < -0.4 is 10.5 Å². The highest BCUT2D eigenvalue weighted by Gasteiger charge is 2.49. The number of pyridine rings is 1. The normalized spacial score (nSPS) is 23.2. The van der Waals surface area contributed by atoms with Gasteiger partial charge < -0.3 is 10.5 Å². The molecule has 1 saturated heterocycles. The van der Waals surface area contributed by atoms with Gasteiger partial charge in [-0.15, -0.1) is 0 Å². The van der Waals surface area contributed by atoms with Crippen molar-refractivity contribution < 1.29 is 4.74 Å². The van der Waals surface area contributed by atoms with Crippen LogP contribution in [0.25, 0.3) is 0 Å². The molecule has 2 N–H and O–H groups in total. The lowest BCUT2D eigenvalue weighted by Gasteiger charge is -2.48. The number of ether oxygens (including phenoxy) is 1. The summed E-state index contributed by atoms with van der Waals surface area (Å²) in [7, 11) is 1.65. The Hall–Kier alpha value is -1.13. The molecule has 17 heavy (non-hydrogen) atoms. The molecule has 1 aliphatic heterocycles. The summed E-state index contributed by atoms with van der Waals surface area (Å²) >= 11 is 0. The van der Waals surface area contributed by atoms with Crippen molar-refractivity contribution in [3.8, 4) is 5.88 Å². The van der Waals surface area contributed by atoms with E-state index >= 15 is 0 Å². The minimum atomic E-state index is 0.0961. The van der Waals surface area contributed by atoms with E-state index in [1.165, 1.54) is 12.8 Å². The molecule has 0 aromatic carbocycles. The molecule has 0 atom stereocenters. The third-order valence-electron chi connectivity index (χ3n) is 3.80. The second-order valence-corrected chi connectivity index (χ2v) is 5.32. The van der Waals surface area contributed by atoms with E-state index in [9.17, 15) is 0 Å². The van der Waals surface area contributed by atoms with Gasteiger partial charge in [-0.3, -0.25) is 4.90 Å². The van der Waals surface area contributed by atoms with Gasteiger partial charge in [0.1, 0.15) is 0 Å². The van der Waals surface area contributed by atoms with Gasteiger partial charge >= 0.3 is 0 Å². The number of aromatic nitrogens is 1. The molecule has 1 aromatic heterocycles. The van der Waals surface area contributed by atoms with Crippen molar-refractivity contribution in [2.75, 3.05) is 20.2 Å². The summed E-state index contributed by atoms with van der Waals surface area (Å²) in [5, 5.41) is 0. The number of nitrogens with zero attached hydrogens (tertiary/aromatic N) is 2. The third-order valence-corrected chi connectivity index (χ3v) is 3.80. The molecule has 4 heteroatoms. The molecule has 0 unspecified atom stereocenters. The number of methoxy groups -OCH3 is 1. The fourth-order valence-corrected chi connectivity index (χ4v) is 2.70. The molecule has 0 spiro atoms. The molecular weight excluding hydrogens is 214 g/mol. The standard InChI is InChI=1S/C13H19N3O/c1-17-12-4-2-3-11(15-12)7-16-8-13(14,9-16)10-5-6-10/h2-4,10H,5-9,14H2,1H3. The Balaban J connectivity index is 1.57. The van der Waals surface area contributed by atoms with Gasteiger partial charge in [-0.05, 0) is 24.8 Å². The fourth-order valence-electron chi connectivity index (χ4n) is 2.70. The second kappa shape index (κ2) is 3.96. The summed E-state index contributed by atoms with van der Waals surface area (Å²) in [6, 6.07) is 5.89. The van der Waals surface area contributed by atoms with Crippen LogP contribution in [0.4, 0.5) is 0 Å². The third kappa shape index (κ3) is 2.15. The van der Waals surface area contributed by atoms with Crippen LogP contribution in [0.5, 0.6) is 5.88 Å². The van der Waals surface area contributed by atoms with E-state index in [1.54, 1.807) is 7.11 Å². The molecule has 0 bridgehead atoms. The van der Waals surface area contributed by atoms with Crippen molar-refractivity contribution in [3.05, 3.63) is 23.9 Å². The highest BCUT2D eigenvalue weighted by Crippen LogP contribution is 2.43. The summed E-state index contributed by atoms with van der Waals surface area (Å²) in [5.41, 5.74) is 7.48. The zero-order valence-corrected chi connectivity index (χ0v) is 10.2. The van der Waals surface area contributed by atoms with Gasteiger partial charge in [0.05, 0.1) is 12.8 Å². The molecular formula is C13H19N3O. The molecule has 2 aliphatic rings. The zero-order chi connectivity index (χ0) is 11.9. The smallest absolute Gasteiger partial charge is 0.213 e. The van der Waals surface area contributed by atoms with Gasteiger partial charge in [0.2, 0.25) is 5.88 Å². The van der Waals surface area contributed by atoms with E-state index in [2.05, 4.69) is 9.88 Å². The molecule has 1 aromatic rings. The Labute approximate surface area is 102 Å². The Bertz CT molecular complexity index is 411. The average molecular weight is 233 g/mol. The molecule has 0 radical (unpaired) electrons. The largest absolute Gasteiger partial charge is 0.481 e. The highest BCUT2D eigenvalue weighted by molar-refractivity contribution is 5.17. The molecule has 4 nitrogen and oxygen atoms in total. The first-order chi connectivity index (χ1) is 8.19. The van der Waals surface area contributed by atoms with E-state index in [0.717, 1.165) is 31.2 Å². The van der Waals surface area contributed by atoms with Crippen LogP contribution in [-0.4, -0.2) is 35.6 Å². The molecule has 3 rings (SSSR count). The number of likely N-dealkylation sites (tertiary alicyclic amines) is 1. The summed E-state index contributed by atoms with van der Waals surface area (Å²) in [4.78, 5) is 6.78. The first-order valence-corrected chi connectivity index (χ1v) is 6.21. The lowest BCUT2D eigenvalue weighted by molar-refractivity contribution is 0.0466. The lowest BCUT2D eigenvalue weighted by atomic mass is 9.85. The van der Waals surface area contributed by atoms with Gasteiger partial charge in [-0.1, -0.05) is 6.07 Å². The predicted molar refractivity (Wildman–Crippen MR) is 65.7 cm³/mol. The zero-order valence-electron chi connectivity index (χ0n) is 10.2. The van der Waals surface area contributed by atoms with E-state index in [4.69, 9.17) is 10.5 Å². The van der Waals surface area contributed by atoms with E-state index in [-0.39, 0.29) is 5.54 Å². The molecule has 0 amide bonds. The summed E-state index contributed by atoms with van der Waals surface area (Å²) < 4.78 is 5.12. The van der Waals surface area contributed by atoms with Crippen LogP contribution in [0.3, 0.4) is 0 Å². The van der Waals surface area contributed by atoms with Crippen LogP contribution in [0.15, 0.2) is 18.2 Å². The Morgan fingerprint density at radius 1 is 1.47 bits per heavy atom.